The van der Waals surface area contributed by atoms with E-state index in [1.807, 2.05) is 49.0 Å². The Balaban J connectivity index is 1.64. The highest BCUT2D eigenvalue weighted by atomic mass is 35.5. The van der Waals surface area contributed by atoms with Gasteiger partial charge in [0.15, 0.2) is 0 Å². The van der Waals surface area contributed by atoms with Crippen molar-refractivity contribution in [2.24, 2.45) is 5.41 Å². The van der Waals surface area contributed by atoms with Crippen molar-refractivity contribution in [3.63, 3.8) is 0 Å². The molecule has 39 heavy (non-hydrogen) atoms. The Morgan fingerprint density at radius 3 is 2.64 bits per heavy atom. The van der Waals surface area contributed by atoms with Crippen LogP contribution >= 0.6 is 11.6 Å². The number of nitrogens with zero attached hydrogens (tertiary/aromatic N) is 6. The van der Waals surface area contributed by atoms with Crippen LogP contribution in [0.1, 0.15) is 62.0 Å². The molecular weight excluding hydrogens is 512 g/mol. The van der Waals surface area contributed by atoms with E-state index in [4.69, 9.17) is 11.6 Å². The Morgan fingerprint density at radius 1 is 1.21 bits per heavy atom. The van der Waals surface area contributed by atoms with E-state index < -0.39 is 11.5 Å². The van der Waals surface area contributed by atoms with Gasteiger partial charge in [0.2, 0.25) is 0 Å². The molecule has 9 nitrogen and oxygen atoms in total. The summed E-state index contributed by atoms with van der Waals surface area (Å²) in [7, 11) is 0. The lowest BCUT2D eigenvalue weighted by Gasteiger charge is -2.24. The van der Waals surface area contributed by atoms with E-state index >= 15 is 0 Å². The zero-order chi connectivity index (χ0) is 27.8. The van der Waals surface area contributed by atoms with Crippen LogP contribution in [0.15, 0.2) is 48.8 Å². The first-order valence-electron chi connectivity index (χ1n) is 12.7. The lowest BCUT2D eigenvalue weighted by molar-refractivity contribution is 0.171. The van der Waals surface area contributed by atoms with E-state index in [0.717, 1.165) is 18.4 Å². The predicted molar refractivity (Wildman–Crippen MR) is 150 cm³/mol. The minimum absolute atomic E-state index is 0.0259. The molecule has 1 atom stereocenters. The average Bonchev–Trinajstić information content (AvgIpc) is 3.49. The monoisotopic (exact) mass is 540 g/mol. The van der Waals surface area contributed by atoms with Crippen LogP contribution < -0.4 is 10.6 Å². The van der Waals surface area contributed by atoms with Crippen molar-refractivity contribution >= 4 is 33.9 Å². The zero-order valence-corrected chi connectivity index (χ0v) is 22.8. The molecule has 0 unspecified atom stereocenters. The van der Waals surface area contributed by atoms with Crippen molar-refractivity contribution in [3.8, 4) is 12.1 Å². The van der Waals surface area contributed by atoms with Crippen molar-refractivity contribution in [1.82, 2.24) is 20.0 Å². The summed E-state index contributed by atoms with van der Waals surface area (Å²) in [6.07, 6.45) is 5.55. The first-order chi connectivity index (χ1) is 18.7. The highest BCUT2D eigenvalue weighted by molar-refractivity contribution is 6.31. The Bertz CT molecular complexity index is 1630. The quantitative estimate of drug-likeness (QED) is 0.258. The number of anilines is 2. The number of aliphatic hydroxyl groups excluding tert-OH is 1. The van der Waals surface area contributed by atoms with Gasteiger partial charge in [-0.1, -0.05) is 48.9 Å². The summed E-state index contributed by atoms with van der Waals surface area (Å²) in [5.74, 6) is 0. The zero-order valence-electron chi connectivity index (χ0n) is 22.0. The molecule has 0 aliphatic heterocycles. The highest BCUT2D eigenvalue weighted by Gasteiger charge is 2.41. The molecule has 0 bridgehead atoms. The molecule has 5 rings (SSSR count). The molecule has 1 fully saturated rings. The molecule has 10 heteroatoms. The summed E-state index contributed by atoms with van der Waals surface area (Å²) in [6.45, 7) is 6.39. The van der Waals surface area contributed by atoms with Gasteiger partial charge in [0.05, 0.1) is 51.9 Å². The lowest BCUT2D eigenvalue weighted by Crippen LogP contribution is -2.27. The highest BCUT2D eigenvalue weighted by Crippen LogP contribution is 2.43. The number of aromatic nitrogens is 4. The molecule has 0 saturated heterocycles. The largest absolute Gasteiger partial charge is 0.396 e. The van der Waals surface area contributed by atoms with E-state index in [9.17, 15) is 15.6 Å². The molecule has 1 aliphatic rings. The fourth-order valence-electron chi connectivity index (χ4n) is 4.39. The van der Waals surface area contributed by atoms with Gasteiger partial charge in [-0.3, -0.25) is 4.98 Å². The van der Waals surface area contributed by atoms with Gasteiger partial charge in [-0.05, 0) is 43.5 Å². The van der Waals surface area contributed by atoms with Crippen LogP contribution in [0.4, 0.5) is 11.4 Å². The van der Waals surface area contributed by atoms with Crippen molar-refractivity contribution < 1.29 is 5.11 Å². The second-order valence-electron chi connectivity index (χ2n) is 11.1. The smallest absolute Gasteiger partial charge is 0.110 e. The number of benzene rings is 2. The van der Waals surface area contributed by atoms with Crippen LogP contribution in [0, 0.1) is 28.1 Å². The molecule has 1 saturated carbocycles. The van der Waals surface area contributed by atoms with Gasteiger partial charge in [-0.15, -0.1) is 5.10 Å². The van der Waals surface area contributed by atoms with E-state index in [2.05, 4.69) is 45.0 Å². The van der Waals surface area contributed by atoms with Gasteiger partial charge >= 0.3 is 0 Å². The molecule has 198 valence electrons. The van der Waals surface area contributed by atoms with E-state index in [1.165, 1.54) is 6.20 Å². The summed E-state index contributed by atoms with van der Waals surface area (Å²) in [4.78, 5) is 4.61. The normalized spacial score (nSPS) is 14.8. The molecule has 0 spiro atoms. The fourth-order valence-corrected chi connectivity index (χ4v) is 4.64. The molecule has 2 heterocycles. The number of hydrogen-bond acceptors (Lipinski definition) is 8. The van der Waals surface area contributed by atoms with E-state index in [-0.39, 0.29) is 12.1 Å². The third kappa shape index (κ3) is 5.24. The van der Waals surface area contributed by atoms with Gasteiger partial charge in [-0.2, -0.15) is 10.5 Å². The third-order valence-electron chi connectivity index (χ3n) is 7.24. The Labute approximate surface area is 232 Å². The molecule has 0 radical (unpaired) electrons. The second kappa shape index (κ2) is 10.2. The molecule has 3 N–H and O–H groups in total. The first-order valence-corrected chi connectivity index (χ1v) is 13.1. The van der Waals surface area contributed by atoms with Crippen LogP contribution in [0.25, 0.3) is 10.9 Å². The van der Waals surface area contributed by atoms with Crippen molar-refractivity contribution in [3.05, 3.63) is 76.2 Å². The minimum Gasteiger partial charge on any atom is -0.396 e. The number of pyridine rings is 1. The van der Waals surface area contributed by atoms with Gasteiger partial charge < -0.3 is 15.7 Å². The SMILES string of the molecule is CC(C)(CO)CNc1c(C#N)cnc2c(N[C@H](c3cn(C4(C)CC4)nn3)c3ccccc3Cl)cc(C#N)cc12. The summed E-state index contributed by atoms with van der Waals surface area (Å²) in [5, 5.41) is 46.4. The van der Waals surface area contributed by atoms with Crippen LogP contribution in [0.2, 0.25) is 5.02 Å². The topological polar surface area (TPSA) is 135 Å². The van der Waals surface area contributed by atoms with Crippen molar-refractivity contribution in [1.29, 1.82) is 10.5 Å². The molecule has 2 aromatic heterocycles. The summed E-state index contributed by atoms with van der Waals surface area (Å²) >= 11 is 6.65. The van der Waals surface area contributed by atoms with Crippen LogP contribution in [0.5, 0.6) is 0 Å². The average molecular weight is 541 g/mol. The summed E-state index contributed by atoms with van der Waals surface area (Å²) in [5.41, 5.74) is 3.52. The number of nitriles is 2. The Kier molecular flexibility index (Phi) is 6.90. The molecule has 4 aromatic rings. The fraction of sp³-hybridized carbons (Fsp3) is 0.345. The number of rotatable bonds is 9. The maximum Gasteiger partial charge on any atom is 0.110 e. The number of fused-ring (bicyclic) bond motifs is 1. The molecule has 2 aromatic carbocycles. The standard InChI is InChI=1S/C29H29ClN8O/c1-28(2,17-39)16-34-25-19(13-32)14-33-26-21(25)10-18(12-31)11-23(26)35-27(20-6-4-5-7-22(20)30)24-15-38(37-36-24)29(3)8-9-29/h4-7,10-11,14-15,27,35,39H,8-9,16-17H2,1-3H3,(H,33,34)/t27-/m0/s1. The van der Waals surface area contributed by atoms with Gasteiger partial charge in [0.25, 0.3) is 0 Å². The van der Waals surface area contributed by atoms with Crippen LogP contribution in [-0.2, 0) is 5.54 Å². The summed E-state index contributed by atoms with van der Waals surface area (Å²) in [6, 6.07) is 14.9. The second-order valence-corrected chi connectivity index (χ2v) is 11.5. The van der Waals surface area contributed by atoms with Crippen LogP contribution in [0.3, 0.4) is 0 Å². The Morgan fingerprint density at radius 2 is 1.97 bits per heavy atom. The van der Waals surface area contributed by atoms with Gasteiger partial charge in [0, 0.05) is 35.2 Å². The van der Waals surface area contributed by atoms with E-state index in [1.54, 1.807) is 12.1 Å². The first kappa shape index (κ1) is 26.4. The summed E-state index contributed by atoms with van der Waals surface area (Å²) < 4.78 is 1.90. The molecule has 1 aliphatic carbocycles. The van der Waals surface area contributed by atoms with Crippen LogP contribution in [-0.4, -0.2) is 38.2 Å². The lowest BCUT2D eigenvalue weighted by atomic mass is 9.94. The number of hydrogen-bond donors (Lipinski definition) is 3. The van der Waals surface area contributed by atoms with Crippen molar-refractivity contribution in [2.45, 2.75) is 45.2 Å². The number of halogens is 1. The van der Waals surface area contributed by atoms with Gasteiger partial charge in [0.1, 0.15) is 11.8 Å². The molecule has 0 amide bonds. The minimum atomic E-state index is -0.478. The Hall–Kier alpha value is -4.18. The number of nitrogens with one attached hydrogen (secondary N) is 2. The maximum atomic E-state index is 9.88. The third-order valence-corrected chi connectivity index (χ3v) is 7.59. The van der Waals surface area contributed by atoms with Gasteiger partial charge in [-0.25, -0.2) is 4.68 Å². The predicted octanol–water partition coefficient (Wildman–Crippen LogP) is 5.36. The van der Waals surface area contributed by atoms with Crippen molar-refractivity contribution in [2.75, 3.05) is 23.8 Å². The van der Waals surface area contributed by atoms with E-state index in [0.29, 0.717) is 50.7 Å². The molecular formula is C29H29ClN8O. The number of aliphatic hydroxyl groups is 1. The maximum absolute atomic E-state index is 9.88.